The fraction of sp³-hybridized carbons (Fsp3) is 1.00. The van der Waals surface area contributed by atoms with Crippen LogP contribution in [0.5, 0.6) is 0 Å². The average molecular weight is 227 g/mol. The summed E-state index contributed by atoms with van der Waals surface area (Å²) in [5.74, 6) is 0.630. The Labute approximate surface area is 98.7 Å². The van der Waals surface area contributed by atoms with E-state index >= 15 is 0 Å². The van der Waals surface area contributed by atoms with E-state index in [2.05, 4.69) is 23.6 Å². The molecule has 2 saturated heterocycles. The average Bonchev–Trinajstić information content (AvgIpc) is 2.58. The van der Waals surface area contributed by atoms with Crippen molar-refractivity contribution in [3.8, 4) is 0 Å². The second kappa shape index (κ2) is 5.45. The lowest BCUT2D eigenvalue weighted by atomic mass is 10.1. The quantitative estimate of drug-likeness (QED) is 0.736. The Balaban J connectivity index is 1.77. The first kappa shape index (κ1) is 12.3. The predicted molar refractivity (Wildman–Crippen MR) is 65.4 cm³/mol. The van der Waals surface area contributed by atoms with Crippen molar-refractivity contribution in [2.75, 3.05) is 45.9 Å². The monoisotopic (exact) mass is 227 g/mol. The molecule has 4 nitrogen and oxygen atoms in total. The predicted octanol–water partition coefficient (Wildman–Crippen LogP) is -0.0139. The lowest BCUT2D eigenvalue weighted by molar-refractivity contribution is -0.0395. The second-order valence-electron chi connectivity index (χ2n) is 5.25. The second-order valence-corrected chi connectivity index (χ2v) is 5.25. The number of morpholine rings is 1. The maximum absolute atomic E-state index is 6.03. The third-order valence-corrected chi connectivity index (χ3v) is 3.88. The van der Waals surface area contributed by atoms with Crippen molar-refractivity contribution in [1.82, 2.24) is 9.80 Å². The number of hydrogen-bond donors (Lipinski definition) is 1. The highest BCUT2D eigenvalue weighted by Crippen LogP contribution is 2.16. The number of hydrogen-bond acceptors (Lipinski definition) is 4. The van der Waals surface area contributed by atoms with Crippen LogP contribution in [-0.2, 0) is 4.74 Å². The van der Waals surface area contributed by atoms with E-state index in [0.717, 1.165) is 45.9 Å². The van der Waals surface area contributed by atoms with E-state index in [1.165, 1.54) is 0 Å². The molecule has 2 rings (SSSR count). The molecule has 0 spiro atoms. The van der Waals surface area contributed by atoms with Gasteiger partial charge in [-0.1, -0.05) is 13.8 Å². The van der Waals surface area contributed by atoms with Crippen LogP contribution in [-0.4, -0.2) is 67.8 Å². The van der Waals surface area contributed by atoms with Crippen molar-refractivity contribution < 1.29 is 4.74 Å². The van der Waals surface area contributed by atoms with E-state index < -0.39 is 0 Å². The topological polar surface area (TPSA) is 41.7 Å². The van der Waals surface area contributed by atoms with Gasteiger partial charge in [-0.2, -0.15) is 0 Å². The number of nitrogens with zero attached hydrogens (tertiary/aromatic N) is 2. The first-order chi connectivity index (χ1) is 7.69. The van der Waals surface area contributed by atoms with Crippen molar-refractivity contribution >= 4 is 0 Å². The minimum Gasteiger partial charge on any atom is -0.374 e. The summed E-state index contributed by atoms with van der Waals surface area (Å²) in [6, 6.07) is 0.353. The molecule has 16 heavy (non-hydrogen) atoms. The van der Waals surface area contributed by atoms with Crippen LogP contribution in [0.2, 0.25) is 0 Å². The van der Waals surface area contributed by atoms with Crippen LogP contribution < -0.4 is 5.73 Å². The van der Waals surface area contributed by atoms with Gasteiger partial charge in [0, 0.05) is 38.8 Å². The van der Waals surface area contributed by atoms with Crippen LogP contribution in [0.25, 0.3) is 0 Å². The number of rotatable bonds is 3. The summed E-state index contributed by atoms with van der Waals surface area (Å²) < 4.78 is 5.82. The third kappa shape index (κ3) is 2.94. The standard InChI is InChI=1S/C12H25N3O/c1-3-14-4-5-16-11(7-14)8-15-6-10(2)12(13)9-15/h10-12H,3-9,13H2,1-2H3. The van der Waals surface area contributed by atoms with Crippen LogP contribution in [0.3, 0.4) is 0 Å². The normalized spacial score (nSPS) is 38.1. The Morgan fingerprint density at radius 1 is 1.25 bits per heavy atom. The zero-order valence-electron chi connectivity index (χ0n) is 10.6. The Hall–Kier alpha value is -0.160. The number of nitrogens with two attached hydrogens (primary N) is 1. The highest BCUT2D eigenvalue weighted by molar-refractivity contribution is 4.86. The highest BCUT2D eigenvalue weighted by Gasteiger charge is 2.29. The summed E-state index contributed by atoms with van der Waals surface area (Å²) in [5.41, 5.74) is 6.03. The molecule has 2 fully saturated rings. The van der Waals surface area contributed by atoms with Gasteiger partial charge < -0.3 is 10.5 Å². The summed E-state index contributed by atoms with van der Waals surface area (Å²) in [6.07, 6.45) is 0.381. The minimum absolute atomic E-state index is 0.353. The summed E-state index contributed by atoms with van der Waals surface area (Å²) in [7, 11) is 0. The fourth-order valence-electron chi connectivity index (χ4n) is 2.71. The molecule has 0 bridgehead atoms. The smallest absolute Gasteiger partial charge is 0.0829 e. The van der Waals surface area contributed by atoms with Crippen LogP contribution in [0, 0.1) is 5.92 Å². The maximum atomic E-state index is 6.03. The van der Waals surface area contributed by atoms with Gasteiger partial charge in [-0.25, -0.2) is 0 Å². The molecule has 0 aromatic rings. The Kier molecular flexibility index (Phi) is 4.19. The molecule has 2 heterocycles. The van der Waals surface area contributed by atoms with Gasteiger partial charge in [0.15, 0.2) is 0 Å². The summed E-state index contributed by atoms with van der Waals surface area (Å²) >= 11 is 0. The Bertz CT molecular complexity index is 214. The van der Waals surface area contributed by atoms with E-state index in [0.29, 0.717) is 18.1 Å². The van der Waals surface area contributed by atoms with Gasteiger partial charge in [0.2, 0.25) is 0 Å². The molecular weight excluding hydrogens is 202 g/mol. The van der Waals surface area contributed by atoms with Crippen molar-refractivity contribution in [2.45, 2.75) is 26.0 Å². The molecule has 3 atom stereocenters. The van der Waals surface area contributed by atoms with Gasteiger partial charge in [0.25, 0.3) is 0 Å². The molecule has 0 saturated carbocycles. The molecule has 3 unspecified atom stereocenters. The summed E-state index contributed by atoms with van der Waals surface area (Å²) in [5, 5.41) is 0. The molecule has 2 N–H and O–H groups in total. The zero-order valence-corrected chi connectivity index (χ0v) is 10.6. The maximum Gasteiger partial charge on any atom is 0.0829 e. The first-order valence-electron chi connectivity index (χ1n) is 6.51. The summed E-state index contributed by atoms with van der Waals surface area (Å²) in [4.78, 5) is 4.92. The van der Waals surface area contributed by atoms with Crippen molar-refractivity contribution in [3.63, 3.8) is 0 Å². The van der Waals surface area contributed by atoms with Gasteiger partial charge in [-0.3, -0.25) is 9.80 Å². The van der Waals surface area contributed by atoms with Crippen LogP contribution in [0.1, 0.15) is 13.8 Å². The van der Waals surface area contributed by atoms with E-state index in [1.807, 2.05) is 0 Å². The van der Waals surface area contributed by atoms with Crippen LogP contribution in [0.4, 0.5) is 0 Å². The van der Waals surface area contributed by atoms with E-state index in [4.69, 9.17) is 10.5 Å². The first-order valence-corrected chi connectivity index (χ1v) is 6.51. The van der Waals surface area contributed by atoms with Crippen molar-refractivity contribution in [3.05, 3.63) is 0 Å². The van der Waals surface area contributed by atoms with Gasteiger partial charge >= 0.3 is 0 Å². The van der Waals surface area contributed by atoms with Crippen LogP contribution in [0.15, 0.2) is 0 Å². The minimum atomic E-state index is 0.353. The van der Waals surface area contributed by atoms with E-state index in [1.54, 1.807) is 0 Å². The van der Waals surface area contributed by atoms with Crippen LogP contribution >= 0.6 is 0 Å². The highest BCUT2D eigenvalue weighted by atomic mass is 16.5. The fourth-order valence-corrected chi connectivity index (χ4v) is 2.71. The molecule has 0 aromatic carbocycles. The molecule has 2 aliphatic rings. The Morgan fingerprint density at radius 2 is 2.06 bits per heavy atom. The molecule has 4 heteroatoms. The summed E-state index contributed by atoms with van der Waals surface area (Å²) in [6.45, 7) is 11.9. The molecule has 0 aromatic heterocycles. The molecular formula is C12H25N3O. The number of likely N-dealkylation sites (tertiary alicyclic amines) is 1. The third-order valence-electron chi connectivity index (χ3n) is 3.88. The molecule has 0 amide bonds. The lowest BCUT2D eigenvalue weighted by Gasteiger charge is -2.34. The van der Waals surface area contributed by atoms with Gasteiger partial charge in [0.1, 0.15) is 0 Å². The molecule has 0 aliphatic carbocycles. The van der Waals surface area contributed by atoms with Crippen molar-refractivity contribution in [1.29, 1.82) is 0 Å². The Morgan fingerprint density at radius 3 is 2.69 bits per heavy atom. The van der Waals surface area contributed by atoms with Crippen molar-refractivity contribution in [2.24, 2.45) is 11.7 Å². The number of likely N-dealkylation sites (N-methyl/N-ethyl adjacent to an activating group) is 1. The zero-order chi connectivity index (χ0) is 11.5. The SMILES string of the molecule is CCN1CCOC(CN2CC(C)C(N)C2)C1. The lowest BCUT2D eigenvalue weighted by Crippen LogP contribution is -2.47. The van der Waals surface area contributed by atoms with E-state index in [9.17, 15) is 0 Å². The van der Waals surface area contributed by atoms with Gasteiger partial charge in [0.05, 0.1) is 12.7 Å². The molecule has 0 radical (unpaired) electrons. The van der Waals surface area contributed by atoms with E-state index in [-0.39, 0.29) is 0 Å². The largest absolute Gasteiger partial charge is 0.374 e. The molecule has 2 aliphatic heterocycles. The van der Waals surface area contributed by atoms with Gasteiger partial charge in [-0.05, 0) is 12.5 Å². The number of ether oxygens (including phenoxy) is 1. The molecule has 94 valence electrons. The van der Waals surface area contributed by atoms with Gasteiger partial charge in [-0.15, -0.1) is 0 Å².